The van der Waals surface area contributed by atoms with E-state index in [4.69, 9.17) is 5.73 Å². The zero-order valence-electron chi connectivity index (χ0n) is 5.92. The van der Waals surface area contributed by atoms with E-state index in [1.807, 2.05) is 17.8 Å². The van der Waals surface area contributed by atoms with E-state index in [0.717, 1.165) is 12.1 Å². The number of hydrogen-bond acceptors (Lipinski definition) is 2. The molecule has 0 fully saturated rings. The van der Waals surface area contributed by atoms with Gasteiger partial charge in [-0.15, -0.1) is 0 Å². The number of hydrogen-bond donors (Lipinski definition) is 1. The maximum atomic E-state index is 5.32. The average molecular weight is 161 g/mol. The molecule has 0 amide bonds. The summed E-state index contributed by atoms with van der Waals surface area (Å²) in [5.74, 6) is 0. The molecule has 1 aromatic heterocycles. The van der Waals surface area contributed by atoms with Crippen molar-refractivity contribution in [3.63, 3.8) is 0 Å². The topological polar surface area (TPSA) is 43.8 Å². The molecule has 0 aliphatic heterocycles. The van der Waals surface area contributed by atoms with Gasteiger partial charge >= 0.3 is 0 Å². The first-order valence-electron chi connectivity index (χ1n) is 3.00. The molecule has 2 N–H and O–H groups in total. The maximum absolute atomic E-state index is 5.32. The van der Waals surface area contributed by atoms with Crippen LogP contribution in [0.5, 0.6) is 0 Å². The van der Waals surface area contributed by atoms with Crippen LogP contribution in [0.1, 0.15) is 5.69 Å². The normalized spacial score (nSPS) is 9.00. The summed E-state index contributed by atoms with van der Waals surface area (Å²) in [6.45, 7) is 0.678. The molecule has 0 radical (unpaired) electrons. The number of imidazole rings is 1. The molecular weight excluding hydrogens is 150 g/mol. The van der Waals surface area contributed by atoms with Crippen LogP contribution in [0.25, 0.3) is 0 Å². The summed E-state index contributed by atoms with van der Waals surface area (Å²) in [6.07, 6.45) is 4.64. The highest BCUT2D eigenvalue weighted by atomic mass is 35.5. The van der Waals surface area contributed by atoms with Gasteiger partial charge in [0.2, 0.25) is 0 Å². The van der Waals surface area contributed by atoms with Crippen molar-refractivity contribution >= 4 is 0 Å². The van der Waals surface area contributed by atoms with E-state index in [1.165, 1.54) is 0 Å². The van der Waals surface area contributed by atoms with Crippen molar-refractivity contribution in [1.29, 1.82) is 0 Å². The minimum absolute atomic E-state index is 0. The Morgan fingerprint density at radius 3 is 2.80 bits per heavy atom. The molecular formula is C6H11ClN3-. The van der Waals surface area contributed by atoms with Gasteiger partial charge < -0.3 is 22.7 Å². The lowest BCUT2D eigenvalue weighted by Gasteiger charge is -1.86. The van der Waals surface area contributed by atoms with Crippen molar-refractivity contribution < 1.29 is 12.4 Å². The zero-order chi connectivity index (χ0) is 6.69. The minimum atomic E-state index is 0. The number of nitrogens with zero attached hydrogens (tertiary/aromatic N) is 2. The summed E-state index contributed by atoms with van der Waals surface area (Å²) in [5, 5.41) is 0. The van der Waals surface area contributed by atoms with E-state index in [2.05, 4.69) is 4.98 Å². The Hall–Kier alpha value is -0.540. The van der Waals surface area contributed by atoms with Gasteiger partial charge in [-0.05, 0) is 6.54 Å². The van der Waals surface area contributed by atoms with E-state index < -0.39 is 0 Å². The van der Waals surface area contributed by atoms with Crippen molar-refractivity contribution in [2.45, 2.75) is 6.42 Å². The summed E-state index contributed by atoms with van der Waals surface area (Å²) in [4.78, 5) is 4.09. The molecule has 0 aromatic carbocycles. The van der Waals surface area contributed by atoms with E-state index in [0.29, 0.717) is 6.54 Å². The SMILES string of the molecule is Cn1cnc(CCN)c1.[Cl-]. The monoisotopic (exact) mass is 160 g/mol. The van der Waals surface area contributed by atoms with Crippen molar-refractivity contribution in [3.8, 4) is 0 Å². The van der Waals surface area contributed by atoms with Crippen LogP contribution in [0.2, 0.25) is 0 Å². The molecule has 10 heavy (non-hydrogen) atoms. The van der Waals surface area contributed by atoms with Crippen LogP contribution < -0.4 is 18.1 Å². The molecule has 58 valence electrons. The van der Waals surface area contributed by atoms with Gasteiger partial charge in [-0.1, -0.05) is 0 Å². The van der Waals surface area contributed by atoms with Gasteiger partial charge in [0.05, 0.1) is 12.0 Å². The highest BCUT2D eigenvalue weighted by molar-refractivity contribution is 4.95. The zero-order valence-corrected chi connectivity index (χ0v) is 6.67. The molecule has 0 unspecified atom stereocenters. The highest BCUT2D eigenvalue weighted by Crippen LogP contribution is 1.92. The minimum Gasteiger partial charge on any atom is -1.00 e. The summed E-state index contributed by atoms with van der Waals surface area (Å²) in [7, 11) is 1.95. The van der Waals surface area contributed by atoms with E-state index in [-0.39, 0.29) is 12.4 Å². The second kappa shape index (κ2) is 4.30. The first-order chi connectivity index (χ1) is 4.33. The summed E-state index contributed by atoms with van der Waals surface area (Å²) < 4.78 is 1.92. The molecule has 4 heteroatoms. The van der Waals surface area contributed by atoms with Gasteiger partial charge in [-0.2, -0.15) is 0 Å². The van der Waals surface area contributed by atoms with Gasteiger partial charge in [0.1, 0.15) is 0 Å². The largest absolute Gasteiger partial charge is 1.00 e. The van der Waals surface area contributed by atoms with Gasteiger partial charge in [0.25, 0.3) is 0 Å². The Balaban J connectivity index is 0.000000810. The Morgan fingerprint density at radius 2 is 2.40 bits per heavy atom. The second-order valence-electron chi connectivity index (χ2n) is 2.07. The van der Waals surface area contributed by atoms with Crippen LogP contribution in [0.3, 0.4) is 0 Å². The fraction of sp³-hybridized carbons (Fsp3) is 0.500. The Kier molecular flexibility index (Phi) is 4.07. The lowest BCUT2D eigenvalue weighted by atomic mass is 10.3. The van der Waals surface area contributed by atoms with Crippen molar-refractivity contribution in [2.24, 2.45) is 12.8 Å². The van der Waals surface area contributed by atoms with E-state index in [1.54, 1.807) is 6.33 Å². The molecule has 1 rings (SSSR count). The third kappa shape index (κ3) is 2.37. The molecule has 0 saturated carbocycles. The molecule has 3 nitrogen and oxygen atoms in total. The van der Waals surface area contributed by atoms with Crippen molar-refractivity contribution in [1.82, 2.24) is 9.55 Å². The fourth-order valence-corrected chi connectivity index (χ4v) is 0.744. The average Bonchev–Trinajstić information content (AvgIpc) is 2.17. The van der Waals surface area contributed by atoms with Crippen LogP contribution in [-0.4, -0.2) is 16.1 Å². The quantitative estimate of drug-likeness (QED) is 0.499. The van der Waals surface area contributed by atoms with Crippen LogP contribution in [-0.2, 0) is 13.5 Å². The first kappa shape index (κ1) is 9.46. The lowest BCUT2D eigenvalue weighted by Crippen LogP contribution is -3.00. The van der Waals surface area contributed by atoms with Crippen LogP contribution in [0, 0.1) is 0 Å². The predicted octanol–water partition coefficient (Wildman–Crippen LogP) is -3.07. The van der Waals surface area contributed by atoms with Crippen molar-refractivity contribution in [2.75, 3.05) is 6.54 Å². The highest BCUT2D eigenvalue weighted by Gasteiger charge is 1.91. The lowest BCUT2D eigenvalue weighted by molar-refractivity contribution is -0.00000218. The van der Waals surface area contributed by atoms with Crippen molar-refractivity contribution in [3.05, 3.63) is 18.2 Å². The fourth-order valence-electron chi connectivity index (χ4n) is 0.744. The van der Waals surface area contributed by atoms with Gasteiger partial charge in [-0.3, -0.25) is 0 Å². The first-order valence-corrected chi connectivity index (χ1v) is 3.00. The van der Waals surface area contributed by atoms with E-state index >= 15 is 0 Å². The standard InChI is InChI=1S/C6H11N3.ClH/c1-9-4-6(2-3-7)8-5-9;/h4-5H,2-3,7H2,1H3;1H/p-1. The molecule has 0 saturated heterocycles. The van der Waals surface area contributed by atoms with Gasteiger partial charge in [0.15, 0.2) is 0 Å². The Morgan fingerprint density at radius 1 is 1.70 bits per heavy atom. The molecule has 1 heterocycles. The number of nitrogens with two attached hydrogens (primary N) is 1. The van der Waals surface area contributed by atoms with Crippen LogP contribution >= 0.6 is 0 Å². The molecule has 0 atom stereocenters. The maximum Gasteiger partial charge on any atom is 0.0946 e. The van der Waals surface area contributed by atoms with Crippen LogP contribution in [0.4, 0.5) is 0 Å². The summed E-state index contributed by atoms with van der Waals surface area (Å²) in [6, 6.07) is 0. The number of halogens is 1. The van der Waals surface area contributed by atoms with Crippen LogP contribution in [0.15, 0.2) is 12.5 Å². The number of rotatable bonds is 2. The van der Waals surface area contributed by atoms with E-state index in [9.17, 15) is 0 Å². The molecule has 0 spiro atoms. The molecule has 0 aliphatic carbocycles. The third-order valence-corrected chi connectivity index (χ3v) is 1.16. The summed E-state index contributed by atoms with van der Waals surface area (Å²) in [5.41, 5.74) is 6.39. The van der Waals surface area contributed by atoms with Gasteiger partial charge in [0, 0.05) is 19.7 Å². The van der Waals surface area contributed by atoms with Gasteiger partial charge in [-0.25, -0.2) is 4.98 Å². The third-order valence-electron chi connectivity index (χ3n) is 1.16. The smallest absolute Gasteiger partial charge is 0.0946 e. The Bertz CT molecular complexity index is 185. The summed E-state index contributed by atoms with van der Waals surface area (Å²) >= 11 is 0. The Labute approximate surface area is 66.7 Å². The predicted molar refractivity (Wildman–Crippen MR) is 36.0 cm³/mol. The molecule has 0 bridgehead atoms. The molecule has 0 aliphatic rings. The number of aromatic nitrogens is 2. The second-order valence-corrected chi connectivity index (χ2v) is 2.07. The molecule has 1 aromatic rings. The number of aryl methyl sites for hydroxylation is 1.